The number of amides is 1. The van der Waals surface area contributed by atoms with Gasteiger partial charge in [0.25, 0.3) is 0 Å². The molecule has 0 radical (unpaired) electrons. The molecule has 174 valence electrons. The van der Waals surface area contributed by atoms with Crippen LogP contribution in [0.4, 0.5) is 4.39 Å². The largest absolute Gasteiger partial charge is 0.496 e. The summed E-state index contributed by atoms with van der Waals surface area (Å²) in [5.41, 5.74) is 1.56. The number of rotatable bonds is 9. The van der Waals surface area contributed by atoms with Gasteiger partial charge < -0.3 is 14.4 Å². The second kappa shape index (κ2) is 11.0. The van der Waals surface area contributed by atoms with E-state index < -0.39 is 0 Å². The molecule has 1 amide bonds. The monoisotopic (exact) mass is 441 g/mol. The third-order valence-electron chi connectivity index (χ3n) is 6.76. The molecule has 1 heterocycles. The maximum atomic E-state index is 14.3. The average molecular weight is 442 g/mol. The van der Waals surface area contributed by atoms with Gasteiger partial charge in [-0.15, -0.1) is 0 Å². The number of methoxy groups -OCH3 is 1. The maximum absolute atomic E-state index is 14.3. The van der Waals surface area contributed by atoms with Crippen molar-refractivity contribution in [2.75, 3.05) is 20.3 Å². The smallest absolute Gasteiger partial charge is 0.222 e. The van der Waals surface area contributed by atoms with Crippen LogP contribution in [-0.2, 0) is 21.5 Å². The van der Waals surface area contributed by atoms with Crippen LogP contribution in [0.1, 0.15) is 57.6 Å². The highest BCUT2D eigenvalue weighted by atomic mass is 19.1. The Morgan fingerprint density at radius 2 is 1.94 bits per heavy atom. The number of carbonyl (C=O) groups is 1. The number of benzene rings is 2. The van der Waals surface area contributed by atoms with E-state index in [1.54, 1.807) is 24.1 Å². The van der Waals surface area contributed by atoms with Gasteiger partial charge in [-0.2, -0.15) is 0 Å². The Morgan fingerprint density at radius 1 is 1.22 bits per heavy atom. The van der Waals surface area contributed by atoms with Crippen molar-refractivity contribution < 1.29 is 18.7 Å². The molecule has 0 aromatic heterocycles. The fraction of sp³-hybridized carbons (Fsp3) is 0.519. The van der Waals surface area contributed by atoms with Gasteiger partial charge in [-0.3, -0.25) is 4.79 Å². The maximum Gasteiger partial charge on any atom is 0.222 e. The van der Waals surface area contributed by atoms with Crippen LogP contribution in [0, 0.1) is 11.7 Å². The Hall–Kier alpha value is -2.40. The van der Waals surface area contributed by atoms with Crippen LogP contribution >= 0.6 is 0 Å². The summed E-state index contributed by atoms with van der Waals surface area (Å²) in [7, 11) is 1.71. The lowest BCUT2D eigenvalue weighted by molar-refractivity contribution is -0.132. The van der Waals surface area contributed by atoms with E-state index in [-0.39, 0.29) is 29.8 Å². The zero-order chi connectivity index (χ0) is 23.1. The molecule has 2 aromatic carbocycles. The van der Waals surface area contributed by atoms with Crippen LogP contribution in [0.2, 0.25) is 0 Å². The van der Waals surface area contributed by atoms with Crippen molar-refractivity contribution in [1.82, 2.24) is 4.90 Å². The summed E-state index contributed by atoms with van der Waals surface area (Å²) in [6.45, 7) is 7.75. The Bertz CT molecular complexity index is 900. The van der Waals surface area contributed by atoms with Gasteiger partial charge in [0.15, 0.2) is 0 Å². The first kappa shape index (κ1) is 24.2. The summed E-state index contributed by atoms with van der Waals surface area (Å²) < 4.78 is 26.2. The third-order valence-corrected chi connectivity index (χ3v) is 6.76. The van der Waals surface area contributed by atoms with E-state index in [9.17, 15) is 9.18 Å². The van der Waals surface area contributed by atoms with Crippen LogP contribution in [0.5, 0.6) is 5.75 Å². The van der Waals surface area contributed by atoms with E-state index >= 15 is 0 Å². The van der Waals surface area contributed by atoms with E-state index in [0.29, 0.717) is 31.1 Å². The van der Waals surface area contributed by atoms with Crippen LogP contribution in [0.25, 0.3) is 0 Å². The molecule has 0 bridgehead atoms. The molecule has 3 rings (SSSR count). The lowest BCUT2D eigenvalue weighted by Crippen LogP contribution is -2.44. The molecule has 0 aliphatic carbocycles. The van der Waals surface area contributed by atoms with Crippen molar-refractivity contribution in [1.29, 1.82) is 0 Å². The Balaban J connectivity index is 1.91. The molecule has 5 heteroatoms. The van der Waals surface area contributed by atoms with Gasteiger partial charge in [-0.05, 0) is 37.3 Å². The second-order valence-electron chi connectivity index (χ2n) is 9.10. The predicted molar refractivity (Wildman–Crippen MR) is 125 cm³/mol. The van der Waals surface area contributed by atoms with Crippen molar-refractivity contribution >= 4 is 5.91 Å². The van der Waals surface area contributed by atoms with Crippen molar-refractivity contribution in [2.45, 2.75) is 64.5 Å². The zero-order valence-corrected chi connectivity index (χ0v) is 19.8. The molecule has 1 aliphatic rings. The lowest BCUT2D eigenvalue weighted by Gasteiger charge is -2.44. The van der Waals surface area contributed by atoms with Gasteiger partial charge in [0.2, 0.25) is 5.91 Å². The number of para-hydroxylation sites is 1. The fourth-order valence-corrected chi connectivity index (χ4v) is 4.77. The first-order chi connectivity index (χ1) is 15.4. The van der Waals surface area contributed by atoms with Gasteiger partial charge >= 0.3 is 0 Å². The van der Waals surface area contributed by atoms with Gasteiger partial charge in [0.05, 0.1) is 13.2 Å². The van der Waals surface area contributed by atoms with Crippen LogP contribution < -0.4 is 4.74 Å². The average Bonchev–Trinajstić information content (AvgIpc) is 2.82. The first-order valence-corrected chi connectivity index (χ1v) is 11.7. The van der Waals surface area contributed by atoms with Gasteiger partial charge in [0.1, 0.15) is 11.6 Å². The van der Waals surface area contributed by atoms with E-state index in [0.717, 1.165) is 25.0 Å². The van der Waals surface area contributed by atoms with Crippen molar-refractivity contribution in [3.05, 3.63) is 65.5 Å². The van der Waals surface area contributed by atoms with Crippen molar-refractivity contribution in [3.8, 4) is 5.75 Å². The molecule has 0 saturated carbocycles. The SMILES string of the molecule is CCC(=O)N(CC[C@@]1(c2ccccc2OC)CCO[C@H](C(C)C)C1)Cc1ccccc1F. The van der Waals surface area contributed by atoms with Crippen LogP contribution in [0.3, 0.4) is 0 Å². The van der Waals surface area contributed by atoms with E-state index in [1.165, 1.54) is 11.6 Å². The summed E-state index contributed by atoms with van der Waals surface area (Å²) in [4.78, 5) is 14.6. The van der Waals surface area contributed by atoms with E-state index in [1.807, 2.05) is 31.2 Å². The summed E-state index contributed by atoms with van der Waals surface area (Å²) in [5.74, 6) is 1.04. The van der Waals surface area contributed by atoms with E-state index in [2.05, 4.69) is 19.9 Å². The molecule has 0 unspecified atom stereocenters. The minimum absolute atomic E-state index is 0.0379. The molecule has 32 heavy (non-hydrogen) atoms. The summed E-state index contributed by atoms with van der Waals surface area (Å²) in [6.07, 6.45) is 3.06. The molecule has 0 N–H and O–H groups in total. The van der Waals surface area contributed by atoms with Gasteiger partial charge in [0, 0.05) is 42.7 Å². The topological polar surface area (TPSA) is 38.8 Å². The summed E-state index contributed by atoms with van der Waals surface area (Å²) in [6, 6.07) is 14.9. The fourth-order valence-electron chi connectivity index (χ4n) is 4.77. The minimum Gasteiger partial charge on any atom is -0.496 e. The first-order valence-electron chi connectivity index (χ1n) is 11.7. The predicted octanol–water partition coefficient (Wildman–Crippen LogP) is 5.74. The number of ether oxygens (including phenoxy) is 2. The highest BCUT2D eigenvalue weighted by Gasteiger charge is 2.41. The number of hydrogen-bond acceptors (Lipinski definition) is 3. The van der Waals surface area contributed by atoms with Crippen LogP contribution in [-0.4, -0.2) is 37.2 Å². The number of hydrogen-bond donors (Lipinski definition) is 0. The Kier molecular flexibility index (Phi) is 8.30. The zero-order valence-electron chi connectivity index (χ0n) is 19.8. The number of carbonyl (C=O) groups excluding carboxylic acids is 1. The number of halogens is 1. The standard InChI is InChI=1S/C27H36FNO3/c1-5-26(30)29(19-21-10-6-8-12-23(21)28)16-14-27(15-17-32-25(18-27)20(2)3)22-11-7-9-13-24(22)31-4/h6-13,20,25H,5,14-19H2,1-4H3/t25-,27+/m0/s1. The molecule has 2 aromatic rings. The molecule has 4 nitrogen and oxygen atoms in total. The summed E-state index contributed by atoms with van der Waals surface area (Å²) >= 11 is 0. The second-order valence-corrected chi connectivity index (χ2v) is 9.10. The Labute approximate surface area is 191 Å². The molecule has 1 fully saturated rings. The van der Waals surface area contributed by atoms with E-state index in [4.69, 9.17) is 9.47 Å². The minimum atomic E-state index is -0.271. The highest BCUT2D eigenvalue weighted by Crippen LogP contribution is 2.45. The lowest BCUT2D eigenvalue weighted by atomic mass is 9.68. The molecule has 0 spiro atoms. The van der Waals surface area contributed by atoms with Gasteiger partial charge in [-0.1, -0.05) is 57.2 Å². The molecular weight excluding hydrogens is 405 g/mol. The van der Waals surface area contributed by atoms with Crippen molar-refractivity contribution in [2.24, 2.45) is 5.92 Å². The summed E-state index contributed by atoms with van der Waals surface area (Å²) in [5, 5.41) is 0. The van der Waals surface area contributed by atoms with Gasteiger partial charge in [-0.25, -0.2) is 4.39 Å². The molecule has 2 atom stereocenters. The molecule has 1 aliphatic heterocycles. The van der Waals surface area contributed by atoms with Crippen molar-refractivity contribution in [3.63, 3.8) is 0 Å². The highest BCUT2D eigenvalue weighted by molar-refractivity contribution is 5.75. The van der Waals surface area contributed by atoms with Crippen LogP contribution in [0.15, 0.2) is 48.5 Å². The number of nitrogens with zero attached hydrogens (tertiary/aromatic N) is 1. The Morgan fingerprint density at radius 3 is 2.62 bits per heavy atom. The quantitative estimate of drug-likeness (QED) is 0.498. The molecule has 1 saturated heterocycles. The molecular formula is C27H36FNO3. The third kappa shape index (κ3) is 5.50. The normalized spacial score (nSPS) is 20.9.